The summed E-state index contributed by atoms with van der Waals surface area (Å²) in [5, 5.41) is 6.96. The molecule has 7 heteroatoms. The molecule has 0 aliphatic heterocycles. The van der Waals surface area contributed by atoms with Crippen molar-refractivity contribution in [3.8, 4) is 11.3 Å². The first kappa shape index (κ1) is 17.1. The molecule has 118 valence electrons. The van der Waals surface area contributed by atoms with Crippen molar-refractivity contribution in [3.63, 3.8) is 0 Å². The van der Waals surface area contributed by atoms with Crippen molar-refractivity contribution in [1.82, 2.24) is 14.9 Å². The zero-order chi connectivity index (χ0) is 15.9. The van der Waals surface area contributed by atoms with E-state index >= 15 is 0 Å². The Kier molecular flexibility index (Phi) is 6.48. The molecule has 2 aromatic rings. The van der Waals surface area contributed by atoms with Gasteiger partial charge >= 0.3 is 0 Å². The van der Waals surface area contributed by atoms with E-state index in [2.05, 4.69) is 30.8 Å². The SMILES string of the molecule is CC(C)OCCCNC(=O)c1snnc1-c1ccc(Br)cc1. The predicted octanol–water partition coefficient (Wildman–Crippen LogP) is 3.51. The summed E-state index contributed by atoms with van der Waals surface area (Å²) in [6.07, 6.45) is 0.995. The molecule has 0 aliphatic carbocycles. The molecule has 0 fully saturated rings. The van der Waals surface area contributed by atoms with Gasteiger partial charge in [-0.25, -0.2) is 0 Å². The van der Waals surface area contributed by atoms with E-state index in [0.717, 1.165) is 28.0 Å². The Balaban J connectivity index is 1.94. The molecule has 0 bridgehead atoms. The monoisotopic (exact) mass is 383 g/mol. The molecule has 1 amide bonds. The smallest absolute Gasteiger partial charge is 0.265 e. The maximum Gasteiger partial charge on any atom is 0.265 e. The number of carbonyl (C=O) groups excluding carboxylic acids is 1. The van der Waals surface area contributed by atoms with Crippen molar-refractivity contribution in [2.24, 2.45) is 0 Å². The highest BCUT2D eigenvalue weighted by Gasteiger charge is 2.17. The number of benzene rings is 1. The summed E-state index contributed by atoms with van der Waals surface area (Å²) < 4.78 is 10.3. The fourth-order valence-corrected chi connectivity index (χ4v) is 2.68. The van der Waals surface area contributed by atoms with Crippen LogP contribution in [-0.4, -0.2) is 34.7 Å². The summed E-state index contributed by atoms with van der Waals surface area (Å²) in [4.78, 5) is 12.8. The quantitative estimate of drug-likeness (QED) is 0.742. The summed E-state index contributed by atoms with van der Waals surface area (Å²) in [5.41, 5.74) is 1.50. The van der Waals surface area contributed by atoms with Crippen LogP contribution in [0.1, 0.15) is 29.9 Å². The molecule has 1 aromatic heterocycles. The average Bonchev–Trinajstić information content (AvgIpc) is 2.96. The molecule has 0 atom stereocenters. The van der Waals surface area contributed by atoms with Gasteiger partial charge < -0.3 is 10.1 Å². The standard InChI is InChI=1S/C15H18BrN3O2S/c1-10(2)21-9-3-8-17-15(20)14-13(18-19-22-14)11-4-6-12(16)7-5-11/h4-7,10H,3,8-9H2,1-2H3,(H,17,20). The van der Waals surface area contributed by atoms with Crippen molar-refractivity contribution in [3.05, 3.63) is 33.6 Å². The highest BCUT2D eigenvalue weighted by Crippen LogP contribution is 2.25. The van der Waals surface area contributed by atoms with Crippen LogP contribution in [0.3, 0.4) is 0 Å². The van der Waals surface area contributed by atoms with Gasteiger partial charge in [-0.1, -0.05) is 32.6 Å². The van der Waals surface area contributed by atoms with Crippen LogP contribution in [-0.2, 0) is 4.74 Å². The van der Waals surface area contributed by atoms with E-state index in [0.29, 0.717) is 23.7 Å². The van der Waals surface area contributed by atoms with Crippen LogP contribution in [0, 0.1) is 0 Å². The second-order valence-corrected chi connectivity index (χ2v) is 6.66. The summed E-state index contributed by atoms with van der Waals surface area (Å²) in [6, 6.07) is 7.65. The van der Waals surface area contributed by atoms with Crippen molar-refractivity contribution in [2.45, 2.75) is 26.4 Å². The Morgan fingerprint density at radius 1 is 1.36 bits per heavy atom. The second kappa shape index (κ2) is 8.36. The first-order valence-corrected chi connectivity index (χ1v) is 8.62. The largest absolute Gasteiger partial charge is 0.379 e. The van der Waals surface area contributed by atoms with Gasteiger partial charge in [-0.2, -0.15) is 0 Å². The van der Waals surface area contributed by atoms with Gasteiger partial charge in [0.25, 0.3) is 5.91 Å². The first-order chi connectivity index (χ1) is 10.6. The van der Waals surface area contributed by atoms with Crippen LogP contribution in [0.4, 0.5) is 0 Å². The Bertz CT molecular complexity index is 614. The number of halogens is 1. The topological polar surface area (TPSA) is 64.1 Å². The van der Waals surface area contributed by atoms with Gasteiger partial charge in [0.15, 0.2) is 0 Å². The number of amides is 1. The minimum atomic E-state index is -0.141. The fourth-order valence-electron chi connectivity index (χ4n) is 1.81. The lowest BCUT2D eigenvalue weighted by atomic mass is 10.1. The maximum absolute atomic E-state index is 12.2. The molecule has 0 aliphatic rings. The zero-order valence-corrected chi connectivity index (χ0v) is 14.9. The minimum Gasteiger partial charge on any atom is -0.379 e. The third kappa shape index (κ3) is 4.86. The van der Waals surface area contributed by atoms with E-state index in [1.54, 1.807) is 0 Å². The van der Waals surface area contributed by atoms with Crippen molar-refractivity contribution < 1.29 is 9.53 Å². The van der Waals surface area contributed by atoms with Crippen molar-refractivity contribution >= 4 is 33.4 Å². The summed E-state index contributed by atoms with van der Waals surface area (Å²) >= 11 is 4.50. The Morgan fingerprint density at radius 3 is 2.77 bits per heavy atom. The van der Waals surface area contributed by atoms with E-state index < -0.39 is 0 Å². The number of rotatable bonds is 7. The van der Waals surface area contributed by atoms with Gasteiger partial charge in [-0.3, -0.25) is 4.79 Å². The molecule has 0 radical (unpaired) electrons. The molecule has 0 saturated heterocycles. The minimum absolute atomic E-state index is 0.141. The molecular weight excluding hydrogens is 366 g/mol. The summed E-state index contributed by atoms with van der Waals surface area (Å²) in [7, 11) is 0. The van der Waals surface area contributed by atoms with Crippen LogP contribution in [0.15, 0.2) is 28.7 Å². The lowest BCUT2D eigenvalue weighted by molar-refractivity contribution is 0.0757. The first-order valence-electron chi connectivity index (χ1n) is 7.06. The van der Waals surface area contributed by atoms with Gasteiger partial charge in [0.1, 0.15) is 10.6 Å². The third-order valence-corrected chi connectivity index (χ3v) is 4.12. The Labute approximate surface area is 142 Å². The zero-order valence-electron chi connectivity index (χ0n) is 12.5. The van der Waals surface area contributed by atoms with Crippen LogP contribution in [0.2, 0.25) is 0 Å². The molecule has 0 spiro atoms. The number of nitrogens with one attached hydrogen (secondary N) is 1. The summed E-state index contributed by atoms with van der Waals surface area (Å²) in [6.45, 7) is 5.19. The summed E-state index contributed by atoms with van der Waals surface area (Å²) in [5.74, 6) is -0.141. The number of nitrogens with zero attached hydrogens (tertiary/aromatic N) is 2. The van der Waals surface area contributed by atoms with Crippen molar-refractivity contribution in [2.75, 3.05) is 13.2 Å². The molecule has 0 unspecified atom stereocenters. The van der Waals surface area contributed by atoms with Crippen LogP contribution >= 0.6 is 27.5 Å². The van der Waals surface area contributed by atoms with E-state index in [9.17, 15) is 4.79 Å². The van der Waals surface area contributed by atoms with Gasteiger partial charge in [0.2, 0.25) is 0 Å². The van der Waals surface area contributed by atoms with Gasteiger partial charge in [-0.15, -0.1) is 5.10 Å². The normalized spacial score (nSPS) is 10.9. The Hall–Kier alpha value is -1.31. The number of aromatic nitrogens is 2. The van der Waals surface area contributed by atoms with E-state index in [-0.39, 0.29) is 12.0 Å². The number of ether oxygens (including phenoxy) is 1. The van der Waals surface area contributed by atoms with Gasteiger partial charge in [0, 0.05) is 23.2 Å². The van der Waals surface area contributed by atoms with Crippen LogP contribution in [0.25, 0.3) is 11.3 Å². The Morgan fingerprint density at radius 2 is 2.09 bits per heavy atom. The highest BCUT2D eigenvalue weighted by atomic mass is 79.9. The van der Waals surface area contributed by atoms with Crippen LogP contribution < -0.4 is 5.32 Å². The van der Waals surface area contributed by atoms with E-state index in [1.807, 2.05) is 38.1 Å². The van der Waals surface area contributed by atoms with E-state index in [1.165, 1.54) is 0 Å². The van der Waals surface area contributed by atoms with E-state index in [4.69, 9.17) is 4.74 Å². The number of hydrogen-bond donors (Lipinski definition) is 1. The van der Waals surface area contributed by atoms with Gasteiger partial charge in [-0.05, 0) is 43.9 Å². The fraction of sp³-hybridized carbons (Fsp3) is 0.400. The second-order valence-electron chi connectivity index (χ2n) is 4.99. The molecule has 1 heterocycles. The molecule has 2 rings (SSSR count). The molecule has 0 saturated carbocycles. The molecule has 1 aromatic carbocycles. The molecular formula is C15H18BrN3O2S. The molecule has 22 heavy (non-hydrogen) atoms. The lowest BCUT2D eigenvalue weighted by Crippen LogP contribution is -2.25. The number of carbonyl (C=O) groups is 1. The third-order valence-electron chi connectivity index (χ3n) is 2.87. The molecule has 5 nitrogen and oxygen atoms in total. The highest BCUT2D eigenvalue weighted by molar-refractivity contribution is 9.10. The predicted molar refractivity (Wildman–Crippen MR) is 91.1 cm³/mol. The van der Waals surface area contributed by atoms with Crippen molar-refractivity contribution in [1.29, 1.82) is 0 Å². The lowest BCUT2D eigenvalue weighted by Gasteiger charge is -2.08. The van der Waals surface area contributed by atoms with Crippen LogP contribution in [0.5, 0.6) is 0 Å². The maximum atomic E-state index is 12.2. The average molecular weight is 384 g/mol. The molecule has 1 N–H and O–H groups in total. The number of hydrogen-bond acceptors (Lipinski definition) is 5. The van der Waals surface area contributed by atoms with Gasteiger partial charge in [0.05, 0.1) is 6.10 Å².